The number of ether oxygens (including phenoxy) is 1. The van der Waals surface area contributed by atoms with Gasteiger partial charge in [-0.15, -0.1) is 0 Å². The number of ketones is 2. The van der Waals surface area contributed by atoms with Crippen LogP contribution in [0.15, 0.2) is 35.6 Å². The molecular weight excluding hydrogens is 382 g/mol. The highest BCUT2D eigenvalue weighted by atomic mass is 16.6. The lowest BCUT2D eigenvalue weighted by Crippen LogP contribution is -2.66. The molecule has 4 aliphatic rings. The van der Waals surface area contributed by atoms with E-state index in [9.17, 15) is 19.5 Å². The number of benzene rings is 1. The van der Waals surface area contributed by atoms with Crippen LogP contribution in [0.2, 0.25) is 0 Å². The SMILES string of the molecule is CC1(C)CC(=O)C2=C(C1)OC1(O)CC(C)(C)CC(=O)C1C21C(=O)Nc2ccccc21. The second kappa shape index (κ2) is 5.61. The molecule has 1 saturated carbocycles. The first-order valence-electron chi connectivity index (χ1n) is 10.5. The van der Waals surface area contributed by atoms with Crippen molar-refractivity contribution in [3.8, 4) is 0 Å². The van der Waals surface area contributed by atoms with Crippen LogP contribution in [0.4, 0.5) is 5.69 Å². The highest BCUT2D eigenvalue weighted by Gasteiger charge is 2.72. The van der Waals surface area contributed by atoms with Crippen LogP contribution in [-0.2, 0) is 24.5 Å². The summed E-state index contributed by atoms with van der Waals surface area (Å²) in [5.41, 5.74) is -0.982. The summed E-state index contributed by atoms with van der Waals surface area (Å²) >= 11 is 0. The number of hydrogen-bond donors (Lipinski definition) is 2. The lowest BCUT2D eigenvalue weighted by molar-refractivity contribution is -0.260. The Morgan fingerprint density at radius 3 is 2.43 bits per heavy atom. The van der Waals surface area contributed by atoms with E-state index in [0.717, 1.165) is 0 Å². The average molecular weight is 409 g/mol. The van der Waals surface area contributed by atoms with E-state index < -0.39 is 28.4 Å². The summed E-state index contributed by atoms with van der Waals surface area (Å²) < 4.78 is 6.16. The number of fused-ring (bicyclic) bond motifs is 5. The second-order valence-corrected chi connectivity index (χ2v) is 10.9. The molecule has 3 atom stereocenters. The van der Waals surface area contributed by atoms with Crippen LogP contribution in [-0.4, -0.2) is 28.4 Å². The fourth-order valence-corrected chi connectivity index (χ4v) is 6.31. The van der Waals surface area contributed by atoms with Gasteiger partial charge >= 0.3 is 0 Å². The summed E-state index contributed by atoms with van der Waals surface area (Å²) in [6.07, 6.45) is 1.11. The summed E-state index contributed by atoms with van der Waals surface area (Å²) in [5, 5.41) is 14.7. The number of amides is 1. The van der Waals surface area contributed by atoms with Crippen molar-refractivity contribution in [2.24, 2.45) is 16.7 Å². The molecule has 2 heterocycles. The summed E-state index contributed by atoms with van der Waals surface area (Å²) in [6, 6.07) is 7.15. The molecule has 3 unspecified atom stereocenters. The molecule has 1 spiro atoms. The molecule has 2 N–H and O–H groups in total. The lowest BCUT2D eigenvalue weighted by Gasteiger charge is -2.56. The van der Waals surface area contributed by atoms with Gasteiger partial charge in [-0.05, 0) is 22.5 Å². The molecule has 2 aliphatic carbocycles. The number of rotatable bonds is 0. The molecule has 0 radical (unpaired) electrons. The smallest absolute Gasteiger partial charge is 0.240 e. The maximum atomic E-state index is 13.7. The van der Waals surface area contributed by atoms with E-state index in [4.69, 9.17) is 4.74 Å². The first-order valence-corrected chi connectivity index (χ1v) is 10.5. The summed E-state index contributed by atoms with van der Waals surface area (Å²) in [7, 11) is 0. The van der Waals surface area contributed by atoms with Gasteiger partial charge in [0.25, 0.3) is 0 Å². The first kappa shape index (κ1) is 19.5. The Kier molecular flexibility index (Phi) is 3.64. The first-order chi connectivity index (χ1) is 13.9. The summed E-state index contributed by atoms with van der Waals surface area (Å²) in [6.45, 7) is 7.77. The normalized spacial score (nSPS) is 36.0. The molecule has 6 nitrogen and oxygen atoms in total. The van der Waals surface area contributed by atoms with Gasteiger partial charge in [-0.25, -0.2) is 0 Å². The Morgan fingerprint density at radius 1 is 1.00 bits per heavy atom. The van der Waals surface area contributed by atoms with E-state index in [1.807, 2.05) is 27.7 Å². The molecule has 0 bridgehead atoms. The van der Waals surface area contributed by atoms with Crippen molar-refractivity contribution in [1.82, 2.24) is 0 Å². The van der Waals surface area contributed by atoms with Crippen molar-refractivity contribution >= 4 is 23.2 Å². The number of Topliss-reactive ketones (excluding diaryl/α,β-unsaturated/α-hetero) is 2. The average Bonchev–Trinajstić information content (AvgIpc) is 2.83. The van der Waals surface area contributed by atoms with Crippen molar-refractivity contribution in [1.29, 1.82) is 0 Å². The molecule has 1 aromatic carbocycles. The van der Waals surface area contributed by atoms with Gasteiger partial charge in [-0.1, -0.05) is 45.9 Å². The van der Waals surface area contributed by atoms with Crippen molar-refractivity contribution < 1.29 is 24.2 Å². The fourth-order valence-electron chi connectivity index (χ4n) is 6.31. The van der Waals surface area contributed by atoms with Gasteiger partial charge in [-0.2, -0.15) is 0 Å². The quantitative estimate of drug-likeness (QED) is 0.686. The van der Waals surface area contributed by atoms with E-state index in [1.54, 1.807) is 24.3 Å². The van der Waals surface area contributed by atoms with E-state index in [-0.39, 0.29) is 41.8 Å². The Morgan fingerprint density at radius 2 is 1.70 bits per heavy atom. The molecular formula is C24H27NO5. The van der Waals surface area contributed by atoms with Gasteiger partial charge in [0.05, 0.1) is 5.57 Å². The van der Waals surface area contributed by atoms with Gasteiger partial charge in [0, 0.05) is 31.4 Å². The zero-order valence-electron chi connectivity index (χ0n) is 17.8. The fraction of sp³-hybridized carbons (Fsp3) is 0.542. The van der Waals surface area contributed by atoms with Crippen LogP contribution in [0.25, 0.3) is 0 Å². The third-order valence-corrected chi connectivity index (χ3v) is 7.08. The van der Waals surface area contributed by atoms with Crippen LogP contribution < -0.4 is 5.32 Å². The minimum Gasteiger partial charge on any atom is -0.466 e. The number of aliphatic hydroxyl groups is 1. The van der Waals surface area contributed by atoms with Gasteiger partial charge in [0.15, 0.2) is 5.78 Å². The maximum absolute atomic E-state index is 13.7. The molecule has 5 rings (SSSR count). The van der Waals surface area contributed by atoms with Gasteiger partial charge < -0.3 is 15.2 Å². The molecule has 1 fully saturated rings. The number of carbonyl (C=O) groups excluding carboxylic acids is 3. The third kappa shape index (κ3) is 2.37. The molecule has 30 heavy (non-hydrogen) atoms. The summed E-state index contributed by atoms with van der Waals surface area (Å²) in [5.74, 6) is -3.51. The highest BCUT2D eigenvalue weighted by Crippen LogP contribution is 2.62. The van der Waals surface area contributed by atoms with Crippen LogP contribution in [0.3, 0.4) is 0 Å². The Balaban J connectivity index is 1.86. The number of hydrogen-bond acceptors (Lipinski definition) is 5. The predicted octanol–water partition coefficient (Wildman–Crippen LogP) is 3.24. The van der Waals surface area contributed by atoms with E-state index in [2.05, 4.69) is 5.32 Å². The Bertz CT molecular complexity index is 1050. The minimum absolute atomic E-state index is 0.187. The number of carbonyl (C=O) groups is 3. The van der Waals surface area contributed by atoms with Crippen molar-refractivity contribution in [3.05, 3.63) is 41.2 Å². The minimum atomic E-state index is -1.85. The van der Waals surface area contributed by atoms with Crippen molar-refractivity contribution in [2.45, 2.75) is 64.6 Å². The molecule has 158 valence electrons. The maximum Gasteiger partial charge on any atom is 0.240 e. The number of allylic oxidation sites excluding steroid dienone is 1. The second-order valence-electron chi connectivity index (χ2n) is 10.9. The molecule has 1 aromatic rings. The Labute approximate surface area is 175 Å². The third-order valence-electron chi connectivity index (χ3n) is 7.08. The van der Waals surface area contributed by atoms with E-state index >= 15 is 0 Å². The van der Waals surface area contributed by atoms with Crippen LogP contribution in [0.1, 0.15) is 58.9 Å². The highest BCUT2D eigenvalue weighted by molar-refractivity contribution is 6.19. The van der Waals surface area contributed by atoms with Gasteiger partial charge in [-0.3, -0.25) is 14.4 Å². The van der Waals surface area contributed by atoms with E-state index in [1.165, 1.54) is 0 Å². The zero-order chi connectivity index (χ0) is 21.7. The standard InChI is InChI=1S/C24H27NO5/c1-21(2)9-15(26)18-17(11-21)30-23(29)12-22(3,4)10-16(27)19(23)24(18)13-7-5-6-8-14(13)25-20(24)28/h5-8,19,29H,9-12H2,1-4H3,(H,25,28). The number of anilines is 1. The van der Waals surface area contributed by atoms with Crippen LogP contribution in [0, 0.1) is 16.7 Å². The van der Waals surface area contributed by atoms with Crippen LogP contribution >= 0.6 is 0 Å². The zero-order valence-corrected chi connectivity index (χ0v) is 17.8. The van der Waals surface area contributed by atoms with Gasteiger partial charge in [0.1, 0.15) is 22.9 Å². The van der Waals surface area contributed by atoms with Crippen molar-refractivity contribution in [2.75, 3.05) is 5.32 Å². The number of para-hydroxylation sites is 1. The Hall–Kier alpha value is -2.47. The largest absolute Gasteiger partial charge is 0.466 e. The molecule has 2 aliphatic heterocycles. The molecule has 0 saturated heterocycles. The van der Waals surface area contributed by atoms with Crippen LogP contribution in [0.5, 0.6) is 0 Å². The lowest BCUT2D eigenvalue weighted by atomic mass is 9.52. The molecule has 0 aromatic heterocycles. The van der Waals surface area contributed by atoms with Gasteiger partial charge in [0.2, 0.25) is 11.7 Å². The summed E-state index contributed by atoms with van der Waals surface area (Å²) in [4.78, 5) is 40.6. The topological polar surface area (TPSA) is 92.7 Å². The molecule has 6 heteroatoms. The monoisotopic (exact) mass is 409 g/mol. The number of nitrogens with one attached hydrogen (secondary N) is 1. The predicted molar refractivity (Wildman–Crippen MR) is 109 cm³/mol. The van der Waals surface area contributed by atoms with Crippen molar-refractivity contribution in [3.63, 3.8) is 0 Å². The van der Waals surface area contributed by atoms with E-state index in [0.29, 0.717) is 23.4 Å². The molecule has 1 amide bonds.